The second kappa shape index (κ2) is 2.34. The van der Waals surface area contributed by atoms with Crippen molar-refractivity contribution in [1.29, 1.82) is 0 Å². The van der Waals surface area contributed by atoms with Gasteiger partial charge in [0.05, 0.1) is 17.4 Å². The van der Waals surface area contributed by atoms with Crippen LogP contribution in [-0.4, -0.2) is 9.55 Å². The van der Waals surface area contributed by atoms with E-state index in [0.29, 0.717) is 0 Å². The third-order valence-electron chi connectivity index (χ3n) is 2.67. The van der Waals surface area contributed by atoms with E-state index < -0.39 is 0 Å². The average molecular weight is 172 g/mol. The first-order valence-corrected chi connectivity index (χ1v) is 4.78. The van der Waals surface area contributed by atoms with E-state index in [-0.39, 0.29) is 0 Å². The summed E-state index contributed by atoms with van der Waals surface area (Å²) in [6.45, 7) is 2.13. The molecule has 1 heterocycles. The van der Waals surface area contributed by atoms with Crippen LogP contribution in [-0.2, 0) is 0 Å². The van der Waals surface area contributed by atoms with Gasteiger partial charge in [-0.2, -0.15) is 0 Å². The number of hydrogen-bond acceptors (Lipinski definition) is 1. The standard InChI is InChI=1S/C11H12N2/c1-8-2-5-10-11(6-8)13(7-12-10)9-3-4-9/h2,5-7,9H,3-4H2,1H3. The van der Waals surface area contributed by atoms with E-state index in [1.165, 1.54) is 23.9 Å². The molecule has 0 aliphatic heterocycles. The van der Waals surface area contributed by atoms with Gasteiger partial charge in [-0.15, -0.1) is 0 Å². The molecule has 2 heteroatoms. The maximum atomic E-state index is 4.38. The molecular formula is C11H12N2. The Kier molecular flexibility index (Phi) is 1.29. The Morgan fingerprint density at radius 1 is 1.38 bits per heavy atom. The number of nitrogens with zero attached hydrogens (tertiary/aromatic N) is 2. The minimum absolute atomic E-state index is 0.729. The molecule has 1 aromatic heterocycles. The maximum absolute atomic E-state index is 4.38. The lowest BCUT2D eigenvalue weighted by molar-refractivity contribution is 0.765. The van der Waals surface area contributed by atoms with Crippen LogP contribution in [0.4, 0.5) is 0 Å². The Morgan fingerprint density at radius 2 is 2.23 bits per heavy atom. The van der Waals surface area contributed by atoms with E-state index in [9.17, 15) is 0 Å². The lowest BCUT2D eigenvalue weighted by atomic mass is 10.2. The molecule has 13 heavy (non-hydrogen) atoms. The minimum Gasteiger partial charge on any atom is -0.327 e. The van der Waals surface area contributed by atoms with Crippen molar-refractivity contribution in [2.45, 2.75) is 25.8 Å². The third-order valence-corrected chi connectivity index (χ3v) is 2.67. The number of hydrogen-bond donors (Lipinski definition) is 0. The summed E-state index contributed by atoms with van der Waals surface area (Å²) in [5.41, 5.74) is 3.73. The van der Waals surface area contributed by atoms with Crippen molar-refractivity contribution in [3.63, 3.8) is 0 Å². The Hall–Kier alpha value is -1.31. The first-order valence-electron chi connectivity index (χ1n) is 4.78. The van der Waals surface area contributed by atoms with Crippen molar-refractivity contribution >= 4 is 11.0 Å². The second-order valence-corrected chi connectivity index (χ2v) is 3.88. The molecule has 0 N–H and O–H groups in total. The molecule has 1 saturated carbocycles. The van der Waals surface area contributed by atoms with Crippen LogP contribution in [0.25, 0.3) is 11.0 Å². The van der Waals surface area contributed by atoms with Gasteiger partial charge in [-0.1, -0.05) is 6.07 Å². The van der Waals surface area contributed by atoms with Gasteiger partial charge in [-0.3, -0.25) is 0 Å². The van der Waals surface area contributed by atoms with Gasteiger partial charge in [-0.25, -0.2) is 4.98 Å². The molecule has 2 nitrogen and oxygen atoms in total. The van der Waals surface area contributed by atoms with Crippen LogP contribution in [0.5, 0.6) is 0 Å². The zero-order valence-electron chi connectivity index (χ0n) is 7.70. The Balaban J connectivity index is 2.29. The molecule has 0 spiro atoms. The first-order chi connectivity index (χ1) is 6.34. The quantitative estimate of drug-likeness (QED) is 0.646. The smallest absolute Gasteiger partial charge is 0.0960 e. The molecule has 1 aromatic carbocycles. The molecule has 0 radical (unpaired) electrons. The van der Waals surface area contributed by atoms with Crippen LogP contribution in [0.2, 0.25) is 0 Å². The van der Waals surface area contributed by atoms with Gasteiger partial charge in [0.25, 0.3) is 0 Å². The maximum Gasteiger partial charge on any atom is 0.0960 e. The van der Waals surface area contributed by atoms with Crippen LogP contribution in [0.15, 0.2) is 24.5 Å². The SMILES string of the molecule is Cc1ccc2ncn(C3CC3)c2c1. The molecular weight excluding hydrogens is 160 g/mol. The zero-order valence-corrected chi connectivity index (χ0v) is 7.70. The number of benzene rings is 1. The summed E-state index contributed by atoms with van der Waals surface area (Å²) in [5.74, 6) is 0. The Bertz CT molecular complexity index is 452. The molecule has 0 bridgehead atoms. The molecule has 1 aliphatic rings. The molecule has 0 atom stereocenters. The highest BCUT2D eigenvalue weighted by atomic mass is 15.1. The molecule has 1 fully saturated rings. The molecule has 1 aliphatic carbocycles. The summed E-state index contributed by atoms with van der Waals surface area (Å²) in [4.78, 5) is 4.38. The molecule has 3 rings (SSSR count). The fourth-order valence-corrected chi connectivity index (χ4v) is 1.78. The van der Waals surface area contributed by atoms with Gasteiger partial charge in [-0.05, 0) is 37.5 Å². The van der Waals surface area contributed by atoms with Crippen molar-refractivity contribution in [2.24, 2.45) is 0 Å². The number of rotatable bonds is 1. The largest absolute Gasteiger partial charge is 0.327 e. The summed E-state index contributed by atoms with van der Waals surface area (Å²) in [6, 6.07) is 7.17. The lowest BCUT2D eigenvalue weighted by Crippen LogP contribution is -1.90. The van der Waals surface area contributed by atoms with Crippen LogP contribution < -0.4 is 0 Å². The van der Waals surface area contributed by atoms with Gasteiger partial charge >= 0.3 is 0 Å². The number of aryl methyl sites for hydroxylation is 1. The van der Waals surface area contributed by atoms with E-state index in [0.717, 1.165) is 11.6 Å². The number of aromatic nitrogens is 2. The highest BCUT2D eigenvalue weighted by Crippen LogP contribution is 2.37. The van der Waals surface area contributed by atoms with Crippen molar-refractivity contribution in [3.8, 4) is 0 Å². The Morgan fingerprint density at radius 3 is 3.00 bits per heavy atom. The van der Waals surface area contributed by atoms with Crippen LogP contribution in [0.1, 0.15) is 24.4 Å². The van der Waals surface area contributed by atoms with Gasteiger partial charge in [0.1, 0.15) is 0 Å². The summed E-state index contributed by atoms with van der Waals surface area (Å²) in [6.07, 6.45) is 4.61. The normalized spacial score (nSPS) is 16.7. The summed E-state index contributed by atoms with van der Waals surface area (Å²) in [5, 5.41) is 0. The van der Waals surface area contributed by atoms with E-state index in [1.54, 1.807) is 0 Å². The van der Waals surface area contributed by atoms with E-state index in [2.05, 4.69) is 34.7 Å². The van der Waals surface area contributed by atoms with Crippen molar-refractivity contribution in [1.82, 2.24) is 9.55 Å². The predicted molar refractivity (Wildman–Crippen MR) is 52.7 cm³/mol. The van der Waals surface area contributed by atoms with Crippen molar-refractivity contribution in [2.75, 3.05) is 0 Å². The first kappa shape index (κ1) is 7.13. The minimum atomic E-state index is 0.729. The fourth-order valence-electron chi connectivity index (χ4n) is 1.78. The highest BCUT2D eigenvalue weighted by Gasteiger charge is 2.24. The molecule has 66 valence electrons. The van der Waals surface area contributed by atoms with Crippen LogP contribution in [0, 0.1) is 6.92 Å². The van der Waals surface area contributed by atoms with Gasteiger partial charge in [0.15, 0.2) is 0 Å². The zero-order chi connectivity index (χ0) is 8.84. The fraction of sp³-hybridized carbons (Fsp3) is 0.364. The van der Waals surface area contributed by atoms with Gasteiger partial charge < -0.3 is 4.57 Å². The number of imidazole rings is 1. The summed E-state index contributed by atoms with van der Waals surface area (Å²) >= 11 is 0. The average Bonchev–Trinajstić information content (AvgIpc) is 2.87. The lowest BCUT2D eigenvalue weighted by Gasteiger charge is -2.00. The molecule has 0 amide bonds. The highest BCUT2D eigenvalue weighted by molar-refractivity contribution is 5.76. The molecule has 0 unspecified atom stereocenters. The number of fused-ring (bicyclic) bond motifs is 1. The second-order valence-electron chi connectivity index (χ2n) is 3.88. The van der Waals surface area contributed by atoms with Crippen LogP contribution >= 0.6 is 0 Å². The van der Waals surface area contributed by atoms with Crippen molar-refractivity contribution in [3.05, 3.63) is 30.1 Å². The third kappa shape index (κ3) is 1.05. The monoisotopic (exact) mass is 172 g/mol. The van der Waals surface area contributed by atoms with E-state index >= 15 is 0 Å². The summed E-state index contributed by atoms with van der Waals surface area (Å²) < 4.78 is 2.31. The van der Waals surface area contributed by atoms with Gasteiger partial charge in [0.2, 0.25) is 0 Å². The molecule has 2 aromatic rings. The topological polar surface area (TPSA) is 17.8 Å². The summed E-state index contributed by atoms with van der Waals surface area (Å²) in [7, 11) is 0. The Labute approximate surface area is 77.2 Å². The van der Waals surface area contributed by atoms with Crippen molar-refractivity contribution < 1.29 is 0 Å². The van der Waals surface area contributed by atoms with E-state index in [1.807, 2.05) is 6.33 Å². The van der Waals surface area contributed by atoms with Crippen LogP contribution in [0.3, 0.4) is 0 Å². The van der Waals surface area contributed by atoms with Gasteiger partial charge in [0, 0.05) is 6.04 Å². The van der Waals surface area contributed by atoms with E-state index in [4.69, 9.17) is 0 Å². The molecule has 0 saturated heterocycles. The predicted octanol–water partition coefficient (Wildman–Crippen LogP) is 2.68.